The Bertz CT molecular complexity index is 1090. The maximum Gasteiger partial charge on any atom is 0.586 e. The number of hydrogen-bond donors (Lipinski definition) is 2. The molecule has 0 aromatic heterocycles. The van der Waals surface area contributed by atoms with Gasteiger partial charge in [0, 0.05) is 29.7 Å². The van der Waals surface area contributed by atoms with Crippen molar-refractivity contribution >= 4 is 5.91 Å². The highest BCUT2D eigenvalue weighted by atomic mass is 19.3. The van der Waals surface area contributed by atoms with E-state index in [0.29, 0.717) is 23.5 Å². The summed E-state index contributed by atoms with van der Waals surface area (Å²) in [6, 6.07) is 7.49. The Morgan fingerprint density at radius 1 is 1.19 bits per heavy atom. The number of halogens is 2. The minimum Gasteiger partial charge on any atom is -0.497 e. The van der Waals surface area contributed by atoms with Gasteiger partial charge in [0.2, 0.25) is 5.91 Å². The molecule has 2 N–H and O–H groups in total. The molecule has 2 aromatic carbocycles. The van der Waals surface area contributed by atoms with E-state index in [1.54, 1.807) is 25.1 Å². The van der Waals surface area contributed by atoms with Crippen LogP contribution in [0.25, 0.3) is 0 Å². The number of rotatable bonds is 4. The van der Waals surface area contributed by atoms with Crippen LogP contribution in [0, 0.1) is 0 Å². The lowest BCUT2D eigenvalue weighted by Crippen LogP contribution is -2.47. The minimum atomic E-state index is -3.76. The molecule has 5 rings (SSSR count). The lowest BCUT2D eigenvalue weighted by Gasteiger charge is -2.34. The molecule has 0 fully saturated rings. The van der Waals surface area contributed by atoms with Crippen LogP contribution in [0.5, 0.6) is 28.7 Å². The second-order valence-corrected chi connectivity index (χ2v) is 8.17. The van der Waals surface area contributed by atoms with Gasteiger partial charge in [0.15, 0.2) is 11.5 Å². The fraction of sp³-hybridized carbons (Fsp3) is 0.409. The Morgan fingerprint density at radius 3 is 2.66 bits per heavy atom. The number of benzene rings is 2. The van der Waals surface area contributed by atoms with E-state index in [9.17, 15) is 18.7 Å². The number of alkyl halides is 2. The molecular formula is C22H21F2NO7. The zero-order valence-corrected chi connectivity index (χ0v) is 17.3. The molecule has 0 aliphatic carbocycles. The molecule has 2 aromatic rings. The largest absolute Gasteiger partial charge is 0.586 e. The number of methoxy groups -OCH3 is 1. The van der Waals surface area contributed by atoms with E-state index in [4.69, 9.17) is 14.2 Å². The molecular weight excluding hydrogens is 428 g/mol. The summed E-state index contributed by atoms with van der Waals surface area (Å²) in [7, 11) is 1.53. The number of carbonyl (C=O) groups excluding carboxylic acids is 1. The second kappa shape index (κ2) is 7.13. The van der Waals surface area contributed by atoms with Gasteiger partial charge in [-0.2, -0.15) is 0 Å². The summed E-state index contributed by atoms with van der Waals surface area (Å²) in [4.78, 5) is 13.4. The van der Waals surface area contributed by atoms with E-state index in [0.717, 1.165) is 5.56 Å². The number of carbonyl (C=O) groups is 1. The highest BCUT2D eigenvalue weighted by Crippen LogP contribution is 2.50. The van der Waals surface area contributed by atoms with Gasteiger partial charge in [0.25, 0.3) is 0 Å². The Morgan fingerprint density at radius 2 is 1.94 bits per heavy atom. The van der Waals surface area contributed by atoms with E-state index in [1.807, 2.05) is 0 Å². The van der Waals surface area contributed by atoms with Gasteiger partial charge in [0.1, 0.15) is 35.4 Å². The monoisotopic (exact) mass is 449 g/mol. The van der Waals surface area contributed by atoms with E-state index >= 15 is 0 Å². The Balaban J connectivity index is 1.43. The molecule has 1 amide bonds. The molecule has 3 aliphatic rings. The van der Waals surface area contributed by atoms with Crippen molar-refractivity contribution in [1.82, 2.24) is 5.32 Å². The summed E-state index contributed by atoms with van der Waals surface area (Å²) in [5.74, 6) is 0.739. The number of ether oxygens (including phenoxy) is 5. The van der Waals surface area contributed by atoms with Crippen LogP contribution in [0.15, 0.2) is 30.3 Å². The first-order valence-corrected chi connectivity index (χ1v) is 10.1. The van der Waals surface area contributed by atoms with E-state index in [-0.39, 0.29) is 36.4 Å². The minimum absolute atomic E-state index is 0.0234. The Kier molecular flexibility index (Phi) is 4.59. The van der Waals surface area contributed by atoms with Gasteiger partial charge in [-0.05, 0) is 25.1 Å². The van der Waals surface area contributed by atoms with Crippen molar-refractivity contribution in [2.24, 2.45) is 0 Å². The van der Waals surface area contributed by atoms with E-state index < -0.39 is 23.9 Å². The van der Waals surface area contributed by atoms with Crippen molar-refractivity contribution in [3.8, 4) is 28.7 Å². The summed E-state index contributed by atoms with van der Waals surface area (Å²) < 4.78 is 52.6. The van der Waals surface area contributed by atoms with Gasteiger partial charge < -0.3 is 34.1 Å². The normalized spacial score (nSPS) is 26.4. The average molecular weight is 449 g/mol. The van der Waals surface area contributed by atoms with Gasteiger partial charge >= 0.3 is 6.29 Å². The molecule has 0 bridgehead atoms. The summed E-state index contributed by atoms with van der Waals surface area (Å²) in [6.07, 6.45) is -3.91. The highest BCUT2D eigenvalue weighted by Gasteiger charge is 2.49. The molecule has 0 saturated heterocycles. The Labute approximate surface area is 182 Å². The highest BCUT2D eigenvalue weighted by molar-refractivity contribution is 5.90. The standard InChI is InChI=1S/C22H21F2NO7/c1-21(10-29-17-8-19-18(7-14(17)21)31-22(23,24)32-19)20(27)25-15-5-12(9-26)30-16-6-11(28-2)3-4-13(15)16/h3-4,6-8,12,15,26H,5,9-10H2,1-2H3,(H,25,27)/t12-,15-,21+/m1/s1. The van der Waals surface area contributed by atoms with Gasteiger partial charge in [0.05, 0.1) is 19.8 Å². The molecule has 8 nitrogen and oxygen atoms in total. The molecule has 0 saturated carbocycles. The predicted molar refractivity (Wildman–Crippen MR) is 105 cm³/mol. The number of aliphatic hydroxyl groups excluding tert-OH is 1. The van der Waals surface area contributed by atoms with Crippen molar-refractivity contribution in [3.63, 3.8) is 0 Å². The van der Waals surface area contributed by atoms with Crippen molar-refractivity contribution in [3.05, 3.63) is 41.5 Å². The van der Waals surface area contributed by atoms with Crippen LogP contribution in [0.2, 0.25) is 0 Å². The van der Waals surface area contributed by atoms with Gasteiger partial charge in [-0.25, -0.2) is 0 Å². The van der Waals surface area contributed by atoms with Crippen LogP contribution in [-0.4, -0.2) is 43.7 Å². The van der Waals surface area contributed by atoms with Crippen LogP contribution in [0.1, 0.15) is 30.5 Å². The number of amides is 1. The van der Waals surface area contributed by atoms with Crippen LogP contribution >= 0.6 is 0 Å². The van der Waals surface area contributed by atoms with Crippen molar-refractivity contribution < 1.29 is 42.4 Å². The van der Waals surface area contributed by atoms with Crippen LogP contribution in [0.3, 0.4) is 0 Å². The van der Waals surface area contributed by atoms with Gasteiger partial charge in [-0.3, -0.25) is 4.79 Å². The number of hydrogen-bond acceptors (Lipinski definition) is 7. The number of aliphatic hydroxyl groups is 1. The quantitative estimate of drug-likeness (QED) is 0.741. The van der Waals surface area contributed by atoms with Crippen molar-refractivity contribution in [2.45, 2.75) is 37.2 Å². The maximum atomic E-state index is 13.4. The van der Waals surface area contributed by atoms with Crippen molar-refractivity contribution in [2.75, 3.05) is 20.3 Å². The summed E-state index contributed by atoms with van der Waals surface area (Å²) in [6.45, 7) is 1.48. The molecule has 10 heteroatoms. The molecule has 0 radical (unpaired) electrons. The topological polar surface area (TPSA) is 95.5 Å². The molecule has 3 atom stereocenters. The molecule has 32 heavy (non-hydrogen) atoms. The first-order valence-electron chi connectivity index (χ1n) is 10.1. The van der Waals surface area contributed by atoms with E-state index in [2.05, 4.69) is 14.8 Å². The summed E-state index contributed by atoms with van der Waals surface area (Å²) >= 11 is 0. The summed E-state index contributed by atoms with van der Waals surface area (Å²) in [5.41, 5.74) is 0.0262. The second-order valence-electron chi connectivity index (χ2n) is 8.17. The number of fused-ring (bicyclic) bond motifs is 3. The predicted octanol–water partition coefficient (Wildman–Crippen LogP) is 2.67. The molecule has 170 valence electrons. The zero-order valence-electron chi connectivity index (χ0n) is 17.3. The lowest BCUT2D eigenvalue weighted by molar-refractivity contribution is -0.286. The van der Waals surface area contributed by atoms with E-state index in [1.165, 1.54) is 19.2 Å². The third-order valence-corrected chi connectivity index (χ3v) is 6.01. The first-order chi connectivity index (χ1) is 15.2. The third kappa shape index (κ3) is 3.26. The molecule has 0 unspecified atom stereocenters. The molecule has 0 spiro atoms. The summed E-state index contributed by atoms with van der Waals surface area (Å²) in [5, 5.41) is 12.7. The SMILES string of the molecule is COc1ccc2c(c1)O[C@@H](CO)C[C@H]2NC(=O)[C@@]1(C)COc2cc3c(cc21)OC(F)(F)O3. The fourth-order valence-corrected chi connectivity index (χ4v) is 4.23. The third-order valence-electron chi connectivity index (χ3n) is 6.01. The Hall–Kier alpha value is -3.27. The smallest absolute Gasteiger partial charge is 0.497 e. The van der Waals surface area contributed by atoms with Crippen LogP contribution < -0.4 is 29.0 Å². The molecule has 3 aliphatic heterocycles. The molecule has 3 heterocycles. The van der Waals surface area contributed by atoms with Crippen LogP contribution in [0.4, 0.5) is 8.78 Å². The van der Waals surface area contributed by atoms with Crippen molar-refractivity contribution in [1.29, 1.82) is 0 Å². The number of nitrogens with one attached hydrogen (secondary N) is 1. The average Bonchev–Trinajstić information content (AvgIpc) is 3.26. The van der Waals surface area contributed by atoms with Gasteiger partial charge in [-0.15, -0.1) is 8.78 Å². The zero-order chi connectivity index (χ0) is 22.7. The fourth-order valence-electron chi connectivity index (χ4n) is 4.23. The van der Waals surface area contributed by atoms with Crippen LogP contribution in [-0.2, 0) is 10.2 Å². The first kappa shape index (κ1) is 20.6. The lowest BCUT2D eigenvalue weighted by atomic mass is 9.82. The maximum absolute atomic E-state index is 13.4. The van der Waals surface area contributed by atoms with Gasteiger partial charge in [-0.1, -0.05) is 0 Å².